The Morgan fingerprint density at radius 3 is 2.64 bits per heavy atom. The van der Waals surface area contributed by atoms with Gasteiger partial charge in [0.05, 0.1) is 18.3 Å². The molecule has 176 valence electrons. The van der Waals surface area contributed by atoms with Crippen LogP contribution >= 0.6 is 0 Å². The molecule has 0 bridgehead atoms. The molecule has 1 aliphatic heterocycles. The first-order chi connectivity index (χ1) is 16.0. The van der Waals surface area contributed by atoms with Gasteiger partial charge in [0.15, 0.2) is 11.6 Å². The summed E-state index contributed by atoms with van der Waals surface area (Å²) in [6.45, 7) is 5.89. The first kappa shape index (κ1) is 23.3. The molecule has 6 nitrogen and oxygen atoms in total. The molecule has 1 N–H and O–H groups in total. The number of nitrogens with zero attached hydrogens (tertiary/aromatic N) is 3. The van der Waals surface area contributed by atoms with Crippen LogP contribution < -0.4 is 9.47 Å². The van der Waals surface area contributed by atoms with Crippen LogP contribution in [0.4, 0.5) is 4.39 Å². The minimum atomic E-state index is -0.943. The zero-order valence-electron chi connectivity index (χ0n) is 19.1. The maximum atomic E-state index is 13.8. The fourth-order valence-electron chi connectivity index (χ4n) is 4.11. The second-order valence-electron chi connectivity index (χ2n) is 8.85. The van der Waals surface area contributed by atoms with Crippen molar-refractivity contribution in [1.82, 2.24) is 14.7 Å². The van der Waals surface area contributed by atoms with Gasteiger partial charge in [-0.05, 0) is 68.1 Å². The van der Waals surface area contributed by atoms with Crippen molar-refractivity contribution in [1.29, 1.82) is 0 Å². The van der Waals surface area contributed by atoms with Gasteiger partial charge in [-0.3, -0.25) is 9.58 Å². The number of likely N-dealkylation sites (tertiary alicyclic amines) is 1. The maximum Gasteiger partial charge on any atom is 0.165 e. The summed E-state index contributed by atoms with van der Waals surface area (Å²) >= 11 is 0. The Morgan fingerprint density at radius 2 is 1.88 bits per heavy atom. The summed E-state index contributed by atoms with van der Waals surface area (Å²) in [6, 6.07) is 14.5. The third kappa shape index (κ3) is 6.79. The van der Waals surface area contributed by atoms with E-state index < -0.39 is 11.4 Å². The molecule has 4 rings (SSSR count). The van der Waals surface area contributed by atoms with Gasteiger partial charge in [-0.15, -0.1) is 0 Å². The van der Waals surface area contributed by atoms with Crippen LogP contribution in [0.3, 0.4) is 0 Å². The van der Waals surface area contributed by atoms with Gasteiger partial charge < -0.3 is 14.6 Å². The highest BCUT2D eigenvalue weighted by molar-refractivity contribution is 5.27. The minimum Gasteiger partial charge on any atom is -0.492 e. The number of hydrogen-bond acceptors (Lipinski definition) is 5. The molecule has 2 heterocycles. The lowest BCUT2D eigenvalue weighted by atomic mass is 9.96. The Hall–Kier alpha value is -2.90. The number of para-hydroxylation sites is 1. The minimum absolute atomic E-state index is 0.103. The molecule has 1 fully saturated rings. The van der Waals surface area contributed by atoms with Gasteiger partial charge in [0.2, 0.25) is 0 Å². The fraction of sp³-hybridized carbons (Fsp3) is 0.423. The second-order valence-corrected chi connectivity index (χ2v) is 8.85. The first-order valence-electron chi connectivity index (χ1n) is 11.5. The van der Waals surface area contributed by atoms with E-state index in [2.05, 4.69) is 22.1 Å². The third-order valence-electron chi connectivity index (χ3n) is 6.02. The molecule has 0 spiro atoms. The number of halogens is 1. The summed E-state index contributed by atoms with van der Waals surface area (Å²) in [4.78, 5) is 2.34. The highest BCUT2D eigenvalue weighted by Gasteiger charge is 2.31. The van der Waals surface area contributed by atoms with Gasteiger partial charge in [-0.25, -0.2) is 4.39 Å². The predicted octanol–water partition coefficient (Wildman–Crippen LogP) is 4.21. The van der Waals surface area contributed by atoms with E-state index in [0.717, 1.165) is 37.4 Å². The molecule has 3 aromatic rings. The molecule has 0 amide bonds. The molecule has 33 heavy (non-hydrogen) atoms. The SMILES string of the molecule is Cc1cnn(CCOc2ccc(CN3CCC[C@@](O)(COc4ccccc4F)CC3)cc2)c1. The molecular weight excluding hydrogens is 421 g/mol. The molecule has 1 saturated heterocycles. The topological polar surface area (TPSA) is 59.8 Å². The predicted molar refractivity (Wildman–Crippen MR) is 125 cm³/mol. The summed E-state index contributed by atoms with van der Waals surface area (Å²) in [6.07, 6.45) is 5.94. The smallest absolute Gasteiger partial charge is 0.165 e. The van der Waals surface area contributed by atoms with E-state index in [4.69, 9.17) is 9.47 Å². The van der Waals surface area contributed by atoms with Crippen LogP contribution in [-0.2, 0) is 13.1 Å². The maximum absolute atomic E-state index is 13.8. The molecule has 1 aliphatic rings. The average molecular weight is 454 g/mol. The van der Waals surface area contributed by atoms with E-state index in [1.54, 1.807) is 18.2 Å². The Bertz CT molecular complexity index is 1020. The zero-order chi connectivity index (χ0) is 23.1. The van der Waals surface area contributed by atoms with Crippen molar-refractivity contribution in [2.75, 3.05) is 26.3 Å². The van der Waals surface area contributed by atoms with E-state index >= 15 is 0 Å². The highest BCUT2D eigenvalue weighted by atomic mass is 19.1. The molecule has 2 aromatic carbocycles. The van der Waals surface area contributed by atoms with Crippen molar-refractivity contribution in [3.8, 4) is 11.5 Å². The highest BCUT2D eigenvalue weighted by Crippen LogP contribution is 2.26. The summed E-state index contributed by atoms with van der Waals surface area (Å²) in [5, 5.41) is 15.3. The second kappa shape index (κ2) is 10.8. The number of hydrogen-bond donors (Lipinski definition) is 1. The average Bonchev–Trinajstić information content (AvgIpc) is 3.13. The van der Waals surface area contributed by atoms with E-state index in [1.165, 1.54) is 11.6 Å². The van der Waals surface area contributed by atoms with E-state index in [1.807, 2.05) is 36.1 Å². The van der Waals surface area contributed by atoms with Crippen molar-refractivity contribution in [3.63, 3.8) is 0 Å². The van der Waals surface area contributed by atoms with Crippen LogP contribution in [-0.4, -0.2) is 51.7 Å². The fourth-order valence-corrected chi connectivity index (χ4v) is 4.11. The molecule has 1 atom stereocenters. The van der Waals surface area contributed by atoms with Crippen LogP contribution in [0.25, 0.3) is 0 Å². The van der Waals surface area contributed by atoms with Crippen molar-refractivity contribution < 1.29 is 19.0 Å². The Morgan fingerprint density at radius 1 is 1.06 bits per heavy atom. The van der Waals surface area contributed by atoms with Crippen LogP contribution in [0.5, 0.6) is 11.5 Å². The summed E-state index contributed by atoms with van der Waals surface area (Å²) in [5.41, 5.74) is 1.41. The first-order valence-corrected chi connectivity index (χ1v) is 11.5. The Labute approximate surface area is 194 Å². The van der Waals surface area contributed by atoms with Crippen LogP contribution in [0.15, 0.2) is 60.9 Å². The summed E-state index contributed by atoms with van der Waals surface area (Å²) < 4.78 is 27.1. The number of aryl methyl sites for hydroxylation is 1. The molecular formula is C26H32FN3O3. The number of benzene rings is 2. The molecule has 0 saturated carbocycles. The van der Waals surface area contributed by atoms with E-state index in [9.17, 15) is 9.50 Å². The lowest BCUT2D eigenvalue weighted by Gasteiger charge is -2.27. The molecule has 7 heteroatoms. The van der Waals surface area contributed by atoms with Gasteiger partial charge >= 0.3 is 0 Å². The van der Waals surface area contributed by atoms with Crippen molar-refractivity contribution >= 4 is 0 Å². The molecule has 0 unspecified atom stereocenters. The van der Waals surface area contributed by atoms with E-state index in [-0.39, 0.29) is 12.4 Å². The number of aliphatic hydroxyl groups is 1. The van der Waals surface area contributed by atoms with Gasteiger partial charge in [-0.2, -0.15) is 5.10 Å². The van der Waals surface area contributed by atoms with Gasteiger partial charge in [0.25, 0.3) is 0 Å². The van der Waals surface area contributed by atoms with Crippen LogP contribution in [0.2, 0.25) is 0 Å². The number of aromatic nitrogens is 2. The largest absolute Gasteiger partial charge is 0.492 e. The van der Waals surface area contributed by atoms with Crippen molar-refractivity contribution in [3.05, 3.63) is 77.9 Å². The number of ether oxygens (including phenoxy) is 2. The van der Waals surface area contributed by atoms with E-state index in [0.29, 0.717) is 26.0 Å². The lowest BCUT2D eigenvalue weighted by molar-refractivity contribution is -0.0177. The summed E-state index contributed by atoms with van der Waals surface area (Å²) in [5.74, 6) is 0.632. The molecule has 0 radical (unpaired) electrons. The molecule has 1 aromatic heterocycles. The summed E-state index contributed by atoms with van der Waals surface area (Å²) in [7, 11) is 0. The number of rotatable bonds is 9. The van der Waals surface area contributed by atoms with Crippen molar-refractivity contribution in [2.24, 2.45) is 0 Å². The lowest BCUT2D eigenvalue weighted by Crippen LogP contribution is -2.37. The van der Waals surface area contributed by atoms with Gasteiger partial charge in [-0.1, -0.05) is 24.3 Å². The van der Waals surface area contributed by atoms with Crippen molar-refractivity contribution in [2.45, 2.75) is 44.9 Å². The Balaban J connectivity index is 1.22. The quantitative estimate of drug-likeness (QED) is 0.526. The monoisotopic (exact) mass is 453 g/mol. The van der Waals surface area contributed by atoms with Gasteiger partial charge in [0, 0.05) is 19.3 Å². The standard InChI is InChI=1S/C26H32FN3O3/c1-21-17-28-30(18-21)15-16-32-23-9-7-22(8-10-23)19-29-13-4-11-26(31,12-14-29)20-33-25-6-3-2-5-24(25)27/h2-3,5-10,17-18,31H,4,11-16,19-20H2,1H3/t26-/m0/s1. The molecule has 0 aliphatic carbocycles. The van der Waals surface area contributed by atoms with Gasteiger partial charge in [0.1, 0.15) is 19.0 Å². The normalized spacial score (nSPS) is 19.2. The zero-order valence-corrected chi connectivity index (χ0v) is 19.1. The van der Waals surface area contributed by atoms with Crippen LogP contribution in [0, 0.1) is 12.7 Å². The third-order valence-corrected chi connectivity index (χ3v) is 6.02. The van der Waals surface area contributed by atoms with Crippen LogP contribution in [0.1, 0.15) is 30.4 Å². The Kier molecular flexibility index (Phi) is 7.62.